The number of fused-ring (bicyclic) bond motifs is 1. The molecule has 180 valence electrons. The standard InChI is InChI=1S/C27H34N4O2S/c1-19-7-9-21(10-8-19)18-31-27-23(20(2)28-31)17-24(34-27)26(33)30-15-11-22(12-16-30)25(32)29-13-5-3-4-6-14-29/h7-10,17,22H,3-6,11-16,18H2,1-2H3. The highest BCUT2D eigenvalue weighted by Gasteiger charge is 2.31. The van der Waals surface area contributed by atoms with Crippen molar-refractivity contribution in [2.45, 2.75) is 58.9 Å². The third-order valence-corrected chi connectivity index (χ3v) is 8.46. The van der Waals surface area contributed by atoms with Crippen molar-refractivity contribution in [3.63, 3.8) is 0 Å². The largest absolute Gasteiger partial charge is 0.342 e. The van der Waals surface area contributed by atoms with Crippen molar-refractivity contribution in [1.29, 1.82) is 0 Å². The van der Waals surface area contributed by atoms with Crippen molar-refractivity contribution in [2.75, 3.05) is 26.2 Å². The Morgan fingerprint density at radius 3 is 2.29 bits per heavy atom. The Morgan fingerprint density at radius 2 is 1.62 bits per heavy atom. The van der Waals surface area contributed by atoms with Crippen LogP contribution in [0.1, 0.15) is 65.0 Å². The summed E-state index contributed by atoms with van der Waals surface area (Å²) < 4.78 is 2.02. The van der Waals surface area contributed by atoms with E-state index in [0.29, 0.717) is 25.5 Å². The minimum absolute atomic E-state index is 0.0647. The van der Waals surface area contributed by atoms with Gasteiger partial charge in [0.1, 0.15) is 4.83 Å². The van der Waals surface area contributed by atoms with Gasteiger partial charge in [0.25, 0.3) is 5.91 Å². The van der Waals surface area contributed by atoms with Crippen LogP contribution < -0.4 is 0 Å². The number of amides is 2. The summed E-state index contributed by atoms with van der Waals surface area (Å²) in [5.74, 6) is 0.459. The molecule has 0 unspecified atom stereocenters. The molecule has 2 aliphatic rings. The number of hydrogen-bond acceptors (Lipinski definition) is 4. The van der Waals surface area contributed by atoms with Gasteiger partial charge in [0.05, 0.1) is 17.1 Å². The monoisotopic (exact) mass is 478 g/mol. The zero-order valence-electron chi connectivity index (χ0n) is 20.3. The molecule has 1 aromatic carbocycles. The predicted octanol–water partition coefficient (Wildman–Crippen LogP) is 5.02. The molecule has 0 N–H and O–H groups in total. The molecular formula is C27H34N4O2S. The topological polar surface area (TPSA) is 58.4 Å². The molecule has 2 amide bonds. The molecule has 2 aliphatic heterocycles. The molecule has 0 spiro atoms. The van der Waals surface area contributed by atoms with Crippen LogP contribution in [-0.4, -0.2) is 57.6 Å². The molecule has 6 nitrogen and oxygen atoms in total. The lowest BCUT2D eigenvalue weighted by atomic mass is 9.95. The molecular weight excluding hydrogens is 444 g/mol. The van der Waals surface area contributed by atoms with E-state index in [1.165, 1.54) is 35.3 Å². The van der Waals surface area contributed by atoms with Gasteiger partial charge in [0.2, 0.25) is 5.91 Å². The molecule has 0 radical (unpaired) electrons. The molecule has 34 heavy (non-hydrogen) atoms. The number of aromatic nitrogens is 2. The van der Waals surface area contributed by atoms with Gasteiger partial charge in [-0.25, -0.2) is 0 Å². The van der Waals surface area contributed by atoms with E-state index in [2.05, 4.69) is 36.1 Å². The van der Waals surface area contributed by atoms with Crippen molar-refractivity contribution in [2.24, 2.45) is 5.92 Å². The van der Waals surface area contributed by atoms with Crippen molar-refractivity contribution in [3.05, 3.63) is 52.0 Å². The van der Waals surface area contributed by atoms with Crippen LogP contribution in [0.5, 0.6) is 0 Å². The van der Waals surface area contributed by atoms with Crippen LogP contribution in [0.4, 0.5) is 0 Å². The molecule has 5 rings (SSSR count). The normalized spacial score (nSPS) is 17.8. The number of hydrogen-bond donors (Lipinski definition) is 0. The first kappa shape index (κ1) is 23.1. The molecule has 4 heterocycles. The van der Waals surface area contributed by atoms with Crippen molar-refractivity contribution < 1.29 is 9.59 Å². The van der Waals surface area contributed by atoms with Crippen molar-refractivity contribution >= 4 is 33.4 Å². The third kappa shape index (κ3) is 4.76. The molecule has 0 bridgehead atoms. The fourth-order valence-corrected chi connectivity index (χ4v) is 6.36. The Morgan fingerprint density at radius 1 is 0.941 bits per heavy atom. The molecule has 0 aliphatic carbocycles. The molecule has 2 saturated heterocycles. The zero-order chi connectivity index (χ0) is 23.7. The van der Waals surface area contributed by atoms with E-state index < -0.39 is 0 Å². The zero-order valence-corrected chi connectivity index (χ0v) is 21.1. The molecule has 0 atom stereocenters. The fraction of sp³-hybridized carbons (Fsp3) is 0.519. The summed E-state index contributed by atoms with van der Waals surface area (Å²) in [5.41, 5.74) is 3.40. The summed E-state index contributed by atoms with van der Waals surface area (Å²) in [4.78, 5) is 32.1. The first-order valence-electron chi connectivity index (χ1n) is 12.6. The number of benzene rings is 1. The molecule has 2 fully saturated rings. The van der Waals surface area contributed by atoms with Gasteiger partial charge in [-0.15, -0.1) is 11.3 Å². The summed E-state index contributed by atoms with van der Waals surface area (Å²) in [6, 6.07) is 10.5. The maximum absolute atomic E-state index is 13.3. The maximum Gasteiger partial charge on any atom is 0.264 e. The highest BCUT2D eigenvalue weighted by Crippen LogP contribution is 2.31. The quantitative estimate of drug-likeness (QED) is 0.529. The van der Waals surface area contributed by atoms with Gasteiger partial charge < -0.3 is 9.80 Å². The van der Waals surface area contributed by atoms with Gasteiger partial charge in [-0.2, -0.15) is 5.10 Å². The smallest absolute Gasteiger partial charge is 0.264 e. The van der Waals surface area contributed by atoms with Gasteiger partial charge in [-0.05, 0) is 51.2 Å². The SMILES string of the molecule is Cc1ccc(Cn2nc(C)c3cc(C(=O)N4CCC(C(=O)N5CCCCCC5)CC4)sc32)cc1. The molecule has 3 aromatic rings. The summed E-state index contributed by atoms with van der Waals surface area (Å²) in [6.45, 7) is 7.91. The highest BCUT2D eigenvalue weighted by molar-refractivity contribution is 7.20. The van der Waals surface area contributed by atoms with E-state index in [-0.39, 0.29) is 11.8 Å². The fourth-order valence-electron chi connectivity index (χ4n) is 5.23. The Hall–Kier alpha value is -2.67. The summed E-state index contributed by atoms with van der Waals surface area (Å²) >= 11 is 1.54. The Balaban J connectivity index is 1.25. The van der Waals surface area contributed by atoms with Gasteiger partial charge in [0.15, 0.2) is 0 Å². The Kier molecular flexibility index (Phi) is 6.73. The minimum Gasteiger partial charge on any atom is -0.342 e. The molecule has 0 saturated carbocycles. The Bertz CT molecular complexity index is 1160. The first-order valence-corrected chi connectivity index (χ1v) is 13.4. The van der Waals surface area contributed by atoms with Crippen molar-refractivity contribution in [1.82, 2.24) is 19.6 Å². The van der Waals surface area contributed by atoms with E-state index in [0.717, 1.165) is 59.6 Å². The summed E-state index contributed by atoms with van der Waals surface area (Å²) in [5, 5.41) is 5.78. The third-order valence-electron chi connectivity index (χ3n) is 7.32. The second kappa shape index (κ2) is 9.90. The lowest BCUT2D eigenvalue weighted by Crippen LogP contribution is -2.44. The number of piperidine rings is 1. The minimum atomic E-state index is 0.0647. The highest BCUT2D eigenvalue weighted by atomic mass is 32.1. The van der Waals surface area contributed by atoms with E-state index in [9.17, 15) is 9.59 Å². The first-order chi connectivity index (χ1) is 16.5. The van der Waals surface area contributed by atoms with Gasteiger partial charge in [-0.3, -0.25) is 14.3 Å². The molecule has 2 aromatic heterocycles. The number of likely N-dealkylation sites (tertiary alicyclic amines) is 2. The van der Waals surface area contributed by atoms with E-state index in [1.54, 1.807) is 0 Å². The number of carbonyl (C=O) groups excluding carboxylic acids is 2. The van der Waals surface area contributed by atoms with Gasteiger partial charge in [0, 0.05) is 37.5 Å². The van der Waals surface area contributed by atoms with Crippen LogP contribution in [0.25, 0.3) is 10.2 Å². The molecule has 7 heteroatoms. The van der Waals surface area contributed by atoms with Crippen LogP contribution >= 0.6 is 11.3 Å². The summed E-state index contributed by atoms with van der Waals surface area (Å²) in [6.07, 6.45) is 6.24. The van der Waals surface area contributed by atoms with Crippen LogP contribution in [0.15, 0.2) is 30.3 Å². The number of carbonyl (C=O) groups is 2. The van der Waals surface area contributed by atoms with E-state index >= 15 is 0 Å². The summed E-state index contributed by atoms with van der Waals surface area (Å²) in [7, 11) is 0. The lowest BCUT2D eigenvalue weighted by molar-refractivity contribution is -0.136. The van der Waals surface area contributed by atoms with E-state index in [1.807, 2.05) is 22.6 Å². The van der Waals surface area contributed by atoms with Crippen LogP contribution in [-0.2, 0) is 11.3 Å². The number of nitrogens with zero attached hydrogens (tertiary/aromatic N) is 4. The van der Waals surface area contributed by atoms with Crippen molar-refractivity contribution in [3.8, 4) is 0 Å². The predicted molar refractivity (Wildman–Crippen MR) is 136 cm³/mol. The second-order valence-electron chi connectivity index (χ2n) is 9.86. The second-order valence-corrected chi connectivity index (χ2v) is 10.9. The van der Waals surface area contributed by atoms with Gasteiger partial charge in [-0.1, -0.05) is 42.7 Å². The van der Waals surface area contributed by atoms with E-state index in [4.69, 9.17) is 5.10 Å². The average molecular weight is 479 g/mol. The number of aryl methyl sites for hydroxylation is 2. The van der Waals surface area contributed by atoms with Gasteiger partial charge >= 0.3 is 0 Å². The number of rotatable bonds is 4. The Labute approximate surface area is 205 Å². The maximum atomic E-state index is 13.3. The average Bonchev–Trinajstić information content (AvgIpc) is 3.28. The van der Waals surface area contributed by atoms with Crippen LogP contribution in [0, 0.1) is 19.8 Å². The number of thiophene rings is 1. The van der Waals surface area contributed by atoms with Crippen LogP contribution in [0.3, 0.4) is 0 Å². The van der Waals surface area contributed by atoms with Crippen LogP contribution in [0.2, 0.25) is 0 Å². The lowest BCUT2D eigenvalue weighted by Gasteiger charge is -2.33.